The van der Waals surface area contributed by atoms with Gasteiger partial charge in [0.25, 0.3) is 0 Å². The lowest BCUT2D eigenvalue weighted by Crippen LogP contribution is -2.02. The molecule has 0 saturated carbocycles. The first-order valence-corrected chi connectivity index (χ1v) is 5.64. The van der Waals surface area contributed by atoms with Crippen LogP contribution in [-0.4, -0.2) is 27.7 Å². The molecular weight excluding hydrogens is 248 g/mol. The van der Waals surface area contributed by atoms with Crippen LogP contribution in [0.1, 0.15) is 17.3 Å². The quantitative estimate of drug-likeness (QED) is 0.888. The predicted octanol–water partition coefficient (Wildman–Crippen LogP) is 2.37. The topological polar surface area (TPSA) is 81.5 Å². The third kappa shape index (κ3) is 3.19. The van der Waals surface area contributed by atoms with Crippen LogP contribution in [0.3, 0.4) is 0 Å². The highest BCUT2D eigenvalue weighted by molar-refractivity contribution is 5.89. The Hall–Kier alpha value is -2.63. The second kappa shape index (κ2) is 5.81. The number of rotatable bonds is 5. The van der Waals surface area contributed by atoms with Crippen LogP contribution in [-0.2, 0) is 0 Å². The Morgan fingerprint density at radius 1 is 1.26 bits per heavy atom. The molecule has 0 aliphatic heterocycles. The minimum Gasteiger partial charge on any atom is -0.494 e. The monoisotopic (exact) mass is 260 g/mol. The smallest absolute Gasteiger partial charge is 0.342 e. The maximum absolute atomic E-state index is 11.0. The number of nitrogens with zero attached hydrogens (tertiary/aromatic N) is 2. The average Bonchev–Trinajstić information content (AvgIpc) is 2.42. The Kier molecular flexibility index (Phi) is 3.92. The summed E-state index contributed by atoms with van der Waals surface area (Å²) in [4.78, 5) is 18.4. The van der Waals surface area contributed by atoms with Gasteiger partial charge in [0.1, 0.15) is 23.4 Å². The van der Waals surface area contributed by atoms with Gasteiger partial charge in [-0.15, -0.1) is 0 Å². The van der Waals surface area contributed by atoms with Gasteiger partial charge in [-0.3, -0.25) is 0 Å². The number of aromatic nitrogens is 2. The van der Waals surface area contributed by atoms with Crippen molar-refractivity contribution in [3.05, 3.63) is 42.4 Å². The molecule has 1 N–H and O–H groups in total. The molecule has 6 heteroatoms. The molecule has 19 heavy (non-hydrogen) atoms. The zero-order valence-corrected chi connectivity index (χ0v) is 10.2. The van der Waals surface area contributed by atoms with Crippen molar-refractivity contribution in [2.45, 2.75) is 6.92 Å². The normalized spacial score (nSPS) is 9.95. The lowest BCUT2D eigenvalue weighted by molar-refractivity contribution is 0.0693. The molecule has 0 amide bonds. The highest BCUT2D eigenvalue weighted by Crippen LogP contribution is 2.24. The highest BCUT2D eigenvalue weighted by Gasteiger charge is 2.13. The minimum absolute atomic E-state index is 0.00617. The summed E-state index contributed by atoms with van der Waals surface area (Å²) in [6, 6.07) is 6.83. The van der Waals surface area contributed by atoms with E-state index in [1.165, 1.54) is 12.5 Å². The molecule has 0 aliphatic rings. The van der Waals surface area contributed by atoms with Crippen molar-refractivity contribution in [1.29, 1.82) is 0 Å². The van der Waals surface area contributed by atoms with Gasteiger partial charge >= 0.3 is 5.97 Å². The second-order valence-electron chi connectivity index (χ2n) is 3.55. The largest absolute Gasteiger partial charge is 0.494 e. The van der Waals surface area contributed by atoms with Crippen LogP contribution in [0.15, 0.2) is 36.8 Å². The van der Waals surface area contributed by atoms with Crippen LogP contribution in [0.2, 0.25) is 0 Å². The SMILES string of the molecule is CCOc1ccc(Oc2ncncc2C(=O)O)cc1. The number of carboxylic acids is 1. The van der Waals surface area contributed by atoms with Crippen molar-refractivity contribution in [1.82, 2.24) is 9.97 Å². The second-order valence-corrected chi connectivity index (χ2v) is 3.55. The van der Waals surface area contributed by atoms with Gasteiger partial charge in [-0.2, -0.15) is 0 Å². The minimum atomic E-state index is -1.14. The van der Waals surface area contributed by atoms with E-state index in [9.17, 15) is 4.79 Å². The number of hydrogen-bond acceptors (Lipinski definition) is 5. The zero-order valence-electron chi connectivity index (χ0n) is 10.2. The summed E-state index contributed by atoms with van der Waals surface area (Å²) in [6.07, 6.45) is 2.43. The number of benzene rings is 1. The zero-order chi connectivity index (χ0) is 13.7. The molecule has 2 aromatic rings. The van der Waals surface area contributed by atoms with Gasteiger partial charge in [-0.25, -0.2) is 14.8 Å². The summed E-state index contributed by atoms with van der Waals surface area (Å²) in [7, 11) is 0. The van der Waals surface area contributed by atoms with Crippen LogP contribution in [0.5, 0.6) is 17.4 Å². The molecule has 0 aliphatic carbocycles. The van der Waals surface area contributed by atoms with Gasteiger partial charge < -0.3 is 14.6 Å². The Morgan fingerprint density at radius 3 is 2.58 bits per heavy atom. The van der Waals surface area contributed by atoms with Crippen LogP contribution >= 0.6 is 0 Å². The first-order chi connectivity index (χ1) is 9.20. The Morgan fingerprint density at radius 2 is 1.95 bits per heavy atom. The number of carbonyl (C=O) groups is 1. The van der Waals surface area contributed by atoms with E-state index in [2.05, 4.69) is 9.97 Å². The van der Waals surface area contributed by atoms with E-state index in [1.807, 2.05) is 6.92 Å². The van der Waals surface area contributed by atoms with E-state index >= 15 is 0 Å². The van der Waals surface area contributed by atoms with Crippen LogP contribution in [0.4, 0.5) is 0 Å². The van der Waals surface area contributed by atoms with Gasteiger partial charge in [-0.1, -0.05) is 0 Å². The number of carboxylic acid groups (broad SMARTS) is 1. The number of aromatic carboxylic acids is 1. The lowest BCUT2D eigenvalue weighted by atomic mass is 10.3. The predicted molar refractivity (Wildman–Crippen MR) is 66.7 cm³/mol. The van der Waals surface area contributed by atoms with Gasteiger partial charge in [0.15, 0.2) is 0 Å². The van der Waals surface area contributed by atoms with Crippen molar-refractivity contribution in [2.24, 2.45) is 0 Å². The van der Waals surface area contributed by atoms with E-state index < -0.39 is 5.97 Å². The van der Waals surface area contributed by atoms with Gasteiger partial charge in [0.2, 0.25) is 5.88 Å². The summed E-state index contributed by atoms with van der Waals surface area (Å²) in [5.41, 5.74) is -0.0867. The van der Waals surface area contributed by atoms with Crippen molar-refractivity contribution >= 4 is 5.97 Å². The molecule has 0 bridgehead atoms. The molecule has 98 valence electrons. The van der Waals surface area contributed by atoms with Crippen LogP contribution in [0, 0.1) is 0 Å². The van der Waals surface area contributed by atoms with Gasteiger partial charge in [0, 0.05) is 6.20 Å². The third-order valence-corrected chi connectivity index (χ3v) is 2.26. The van der Waals surface area contributed by atoms with Crippen molar-refractivity contribution in [3.63, 3.8) is 0 Å². The maximum Gasteiger partial charge on any atom is 0.342 e. The van der Waals surface area contributed by atoms with Crippen LogP contribution < -0.4 is 9.47 Å². The van der Waals surface area contributed by atoms with Crippen LogP contribution in [0.25, 0.3) is 0 Å². The molecule has 6 nitrogen and oxygen atoms in total. The molecule has 2 rings (SSSR count). The molecule has 1 heterocycles. The van der Waals surface area contributed by atoms with E-state index in [0.29, 0.717) is 12.4 Å². The molecule has 0 spiro atoms. The van der Waals surface area contributed by atoms with Crippen molar-refractivity contribution in [3.8, 4) is 17.4 Å². The maximum atomic E-state index is 11.0. The molecule has 1 aromatic heterocycles. The van der Waals surface area contributed by atoms with Gasteiger partial charge in [0.05, 0.1) is 6.61 Å². The van der Waals surface area contributed by atoms with E-state index in [0.717, 1.165) is 5.75 Å². The van der Waals surface area contributed by atoms with Crippen molar-refractivity contribution in [2.75, 3.05) is 6.61 Å². The molecule has 0 saturated heterocycles. The highest BCUT2D eigenvalue weighted by atomic mass is 16.5. The summed E-state index contributed by atoms with van der Waals surface area (Å²) >= 11 is 0. The Labute approximate surface area is 109 Å². The molecule has 0 fully saturated rings. The lowest BCUT2D eigenvalue weighted by Gasteiger charge is -2.07. The summed E-state index contributed by atoms with van der Waals surface area (Å²) in [5, 5.41) is 8.98. The number of hydrogen-bond donors (Lipinski definition) is 1. The third-order valence-electron chi connectivity index (χ3n) is 2.26. The van der Waals surface area contributed by atoms with Gasteiger partial charge in [-0.05, 0) is 31.2 Å². The Balaban J connectivity index is 2.19. The fourth-order valence-corrected chi connectivity index (χ4v) is 1.43. The molecule has 0 atom stereocenters. The summed E-state index contributed by atoms with van der Waals surface area (Å²) in [5.74, 6) is 0.0637. The Bertz CT molecular complexity index is 569. The fourth-order valence-electron chi connectivity index (χ4n) is 1.43. The van der Waals surface area contributed by atoms with Crippen molar-refractivity contribution < 1.29 is 19.4 Å². The standard InChI is InChI=1S/C13H12N2O4/c1-2-18-9-3-5-10(6-4-9)19-12-11(13(16)17)7-14-8-15-12/h3-8H,2H2,1H3,(H,16,17). The number of ether oxygens (including phenoxy) is 2. The molecular formula is C13H12N2O4. The molecule has 0 unspecified atom stereocenters. The fraction of sp³-hybridized carbons (Fsp3) is 0.154. The molecule has 0 radical (unpaired) electrons. The summed E-state index contributed by atoms with van der Waals surface area (Å²) < 4.78 is 10.7. The van der Waals surface area contributed by atoms with E-state index in [4.69, 9.17) is 14.6 Å². The first-order valence-electron chi connectivity index (χ1n) is 5.64. The summed E-state index contributed by atoms with van der Waals surface area (Å²) in [6.45, 7) is 2.47. The first kappa shape index (κ1) is 12.8. The molecule has 1 aromatic carbocycles. The average molecular weight is 260 g/mol. The van der Waals surface area contributed by atoms with E-state index in [-0.39, 0.29) is 11.4 Å². The van der Waals surface area contributed by atoms with E-state index in [1.54, 1.807) is 24.3 Å².